The van der Waals surface area contributed by atoms with Crippen LogP contribution in [0, 0.1) is 5.92 Å². The molecule has 0 amide bonds. The molecule has 0 spiro atoms. The molecule has 2 aromatic rings. The van der Waals surface area contributed by atoms with Gasteiger partial charge in [-0.15, -0.1) is 0 Å². The van der Waals surface area contributed by atoms with Crippen LogP contribution in [0.15, 0.2) is 59.5 Å². The van der Waals surface area contributed by atoms with Crippen molar-refractivity contribution in [3.63, 3.8) is 0 Å². The Morgan fingerprint density at radius 3 is 2.06 bits per heavy atom. The van der Waals surface area contributed by atoms with Crippen molar-refractivity contribution in [3.8, 4) is 5.75 Å². The zero-order chi connectivity index (χ0) is 23.2. The third kappa shape index (κ3) is 7.08. The van der Waals surface area contributed by atoms with Gasteiger partial charge in [-0.1, -0.05) is 44.2 Å². The van der Waals surface area contributed by atoms with Gasteiger partial charge in [0.05, 0.1) is 12.0 Å². The second-order valence-electron chi connectivity index (χ2n) is 8.89. The predicted octanol–water partition coefficient (Wildman–Crippen LogP) is 4.64. The van der Waals surface area contributed by atoms with Crippen LogP contribution in [0.1, 0.15) is 46.6 Å². The van der Waals surface area contributed by atoms with Crippen molar-refractivity contribution >= 4 is 16.0 Å². The molecule has 0 aromatic heterocycles. The molecule has 0 radical (unpaired) electrons. The normalized spacial score (nSPS) is 13.3. The fourth-order valence-electron chi connectivity index (χ4n) is 3.16. The number of carbonyl (C=O) groups is 1. The zero-order valence-corrected chi connectivity index (χ0v) is 20.0. The molecule has 0 fully saturated rings. The third-order valence-electron chi connectivity index (χ3n) is 4.57. The minimum absolute atomic E-state index is 0.0613. The molecule has 6 nitrogen and oxygen atoms in total. The summed E-state index contributed by atoms with van der Waals surface area (Å²) in [6.07, 6.45) is 0.344. The van der Waals surface area contributed by atoms with E-state index in [0.717, 1.165) is 5.56 Å². The number of ether oxygens (including phenoxy) is 2. The highest BCUT2D eigenvalue weighted by molar-refractivity contribution is 7.89. The average molecular weight is 448 g/mol. The highest BCUT2D eigenvalue weighted by Crippen LogP contribution is 2.27. The van der Waals surface area contributed by atoms with Crippen LogP contribution in [0.3, 0.4) is 0 Å². The number of esters is 1. The molecule has 0 aliphatic carbocycles. The Morgan fingerprint density at radius 2 is 1.58 bits per heavy atom. The Kier molecular flexibility index (Phi) is 8.26. The monoisotopic (exact) mass is 447 g/mol. The van der Waals surface area contributed by atoms with Crippen LogP contribution < -0.4 is 4.74 Å². The molecule has 0 bridgehead atoms. The number of carbonyl (C=O) groups excluding carboxylic acids is 1. The van der Waals surface area contributed by atoms with Gasteiger partial charge in [-0.2, -0.15) is 4.31 Å². The van der Waals surface area contributed by atoms with Crippen LogP contribution in [0.25, 0.3) is 0 Å². The van der Waals surface area contributed by atoms with Gasteiger partial charge in [0.2, 0.25) is 10.0 Å². The molecule has 0 saturated heterocycles. The largest absolute Gasteiger partial charge is 0.497 e. The molecule has 0 aliphatic heterocycles. The summed E-state index contributed by atoms with van der Waals surface area (Å²) in [7, 11) is -2.47. The second kappa shape index (κ2) is 10.3. The summed E-state index contributed by atoms with van der Waals surface area (Å²) >= 11 is 0. The summed E-state index contributed by atoms with van der Waals surface area (Å²) in [4.78, 5) is 13.3. The van der Waals surface area contributed by atoms with Crippen LogP contribution in [0.4, 0.5) is 0 Å². The molecule has 0 N–H and O–H groups in total. The van der Waals surface area contributed by atoms with Crippen molar-refractivity contribution in [3.05, 3.63) is 60.2 Å². The number of methoxy groups -OCH3 is 1. The standard InChI is InChI=1S/C24H33NO5S/c1-18(2)16-22(23(26)30-24(3,4)5)25(17-19-10-8-7-9-11-19)31(27,28)21-14-12-20(29-6)13-15-21/h7-15,18,22H,16-17H2,1-6H3. The van der Waals surface area contributed by atoms with Crippen molar-refractivity contribution in [1.82, 2.24) is 4.31 Å². The second-order valence-corrected chi connectivity index (χ2v) is 10.8. The SMILES string of the molecule is COc1ccc(S(=O)(=O)N(Cc2ccccc2)C(CC(C)C)C(=O)OC(C)(C)C)cc1. The Labute approximate surface area is 186 Å². The Hall–Kier alpha value is -2.38. The Balaban J connectivity index is 2.55. The van der Waals surface area contributed by atoms with E-state index in [0.29, 0.717) is 12.2 Å². The zero-order valence-electron chi connectivity index (χ0n) is 19.2. The maximum Gasteiger partial charge on any atom is 0.325 e. The highest BCUT2D eigenvalue weighted by Gasteiger charge is 2.38. The van der Waals surface area contributed by atoms with Gasteiger partial charge in [0, 0.05) is 6.54 Å². The van der Waals surface area contributed by atoms with Gasteiger partial charge in [-0.05, 0) is 62.9 Å². The fraction of sp³-hybridized carbons (Fsp3) is 0.458. The molecule has 31 heavy (non-hydrogen) atoms. The minimum Gasteiger partial charge on any atom is -0.497 e. The first kappa shape index (κ1) is 24.9. The van der Waals surface area contributed by atoms with Crippen molar-refractivity contribution in [2.75, 3.05) is 7.11 Å². The smallest absolute Gasteiger partial charge is 0.325 e. The molecule has 0 heterocycles. The van der Waals surface area contributed by atoms with E-state index in [1.54, 1.807) is 32.9 Å². The first-order valence-corrected chi connectivity index (χ1v) is 11.8. The number of sulfonamides is 1. The maximum atomic E-state index is 13.7. The molecule has 7 heteroatoms. The van der Waals surface area contributed by atoms with E-state index in [9.17, 15) is 13.2 Å². The summed E-state index contributed by atoms with van der Waals surface area (Å²) in [5.41, 5.74) is 0.0612. The van der Waals surface area contributed by atoms with Crippen molar-refractivity contribution < 1.29 is 22.7 Å². The maximum absolute atomic E-state index is 13.7. The number of hydrogen-bond donors (Lipinski definition) is 0. The fourth-order valence-corrected chi connectivity index (χ4v) is 4.73. The average Bonchev–Trinajstić information content (AvgIpc) is 2.69. The van der Waals surface area contributed by atoms with E-state index in [4.69, 9.17) is 9.47 Å². The Bertz CT molecular complexity index is 948. The van der Waals surface area contributed by atoms with E-state index in [1.165, 1.54) is 23.5 Å². The lowest BCUT2D eigenvalue weighted by molar-refractivity contribution is -0.160. The van der Waals surface area contributed by atoms with Crippen LogP contribution in [-0.2, 0) is 26.1 Å². The van der Waals surface area contributed by atoms with E-state index in [2.05, 4.69) is 0 Å². The van der Waals surface area contributed by atoms with Gasteiger partial charge in [0.1, 0.15) is 17.4 Å². The summed E-state index contributed by atoms with van der Waals surface area (Å²) in [5, 5.41) is 0. The number of nitrogens with zero attached hydrogens (tertiary/aromatic N) is 1. The summed E-state index contributed by atoms with van der Waals surface area (Å²) in [6, 6.07) is 14.5. The highest BCUT2D eigenvalue weighted by atomic mass is 32.2. The van der Waals surface area contributed by atoms with E-state index in [-0.39, 0.29) is 17.4 Å². The van der Waals surface area contributed by atoms with Crippen molar-refractivity contribution in [2.45, 2.75) is 64.1 Å². The molecule has 1 unspecified atom stereocenters. The van der Waals surface area contributed by atoms with Gasteiger partial charge in [-0.3, -0.25) is 4.79 Å². The molecule has 2 aromatic carbocycles. The predicted molar refractivity (Wildman–Crippen MR) is 121 cm³/mol. The van der Waals surface area contributed by atoms with E-state index >= 15 is 0 Å². The first-order valence-electron chi connectivity index (χ1n) is 10.4. The van der Waals surface area contributed by atoms with Gasteiger partial charge in [0.15, 0.2) is 0 Å². The van der Waals surface area contributed by atoms with Crippen molar-refractivity contribution in [1.29, 1.82) is 0 Å². The number of hydrogen-bond acceptors (Lipinski definition) is 5. The molecule has 2 rings (SSSR count). The summed E-state index contributed by atoms with van der Waals surface area (Å²) in [6.45, 7) is 9.30. The van der Waals surface area contributed by atoms with Gasteiger partial charge < -0.3 is 9.47 Å². The molecule has 1 atom stereocenters. The molecule has 0 aliphatic rings. The minimum atomic E-state index is -3.99. The van der Waals surface area contributed by atoms with Crippen LogP contribution in [-0.4, -0.2) is 37.4 Å². The summed E-state index contributed by atoms with van der Waals surface area (Å²) < 4.78 is 39.4. The van der Waals surface area contributed by atoms with E-state index < -0.39 is 27.6 Å². The lowest BCUT2D eigenvalue weighted by atomic mass is 10.0. The third-order valence-corrected chi connectivity index (χ3v) is 6.44. The topological polar surface area (TPSA) is 72.9 Å². The van der Waals surface area contributed by atoms with Gasteiger partial charge >= 0.3 is 5.97 Å². The molecular weight excluding hydrogens is 414 g/mol. The Morgan fingerprint density at radius 1 is 1.00 bits per heavy atom. The van der Waals surface area contributed by atoms with Crippen molar-refractivity contribution in [2.24, 2.45) is 5.92 Å². The van der Waals surface area contributed by atoms with Crippen LogP contribution in [0.5, 0.6) is 5.75 Å². The molecule has 170 valence electrons. The van der Waals surface area contributed by atoms with Gasteiger partial charge in [-0.25, -0.2) is 8.42 Å². The molecular formula is C24H33NO5S. The lowest BCUT2D eigenvalue weighted by Crippen LogP contribution is -2.47. The van der Waals surface area contributed by atoms with Crippen LogP contribution >= 0.6 is 0 Å². The lowest BCUT2D eigenvalue weighted by Gasteiger charge is -2.33. The number of rotatable bonds is 9. The van der Waals surface area contributed by atoms with Gasteiger partial charge in [0.25, 0.3) is 0 Å². The first-order chi connectivity index (χ1) is 14.4. The molecule has 0 saturated carbocycles. The summed E-state index contributed by atoms with van der Waals surface area (Å²) in [5.74, 6) is 0.0931. The number of benzene rings is 2. The van der Waals surface area contributed by atoms with Crippen LogP contribution in [0.2, 0.25) is 0 Å². The van der Waals surface area contributed by atoms with E-state index in [1.807, 2.05) is 44.2 Å². The quantitative estimate of drug-likeness (QED) is 0.524.